The second-order valence-corrected chi connectivity index (χ2v) is 7.33. The van der Waals surface area contributed by atoms with Gasteiger partial charge in [0.2, 0.25) is 10.0 Å². The third-order valence-electron chi connectivity index (χ3n) is 2.23. The van der Waals surface area contributed by atoms with Gasteiger partial charge in [0.1, 0.15) is 4.90 Å². The molecule has 0 aliphatic heterocycles. The molecule has 0 saturated carbocycles. The fourth-order valence-electron chi connectivity index (χ4n) is 1.42. The van der Waals surface area contributed by atoms with E-state index in [0.29, 0.717) is 21.2 Å². The number of sulfonamides is 1. The Morgan fingerprint density at radius 1 is 1.29 bits per heavy atom. The van der Waals surface area contributed by atoms with Gasteiger partial charge in [-0.15, -0.1) is 0 Å². The molecule has 1 aromatic rings. The average molecular weight is 386 g/mol. The van der Waals surface area contributed by atoms with Crippen LogP contribution in [0.5, 0.6) is 0 Å². The summed E-state index contributed by atoms with van der Waals surface area (Å²) in [4.78, 5) is 0.211. The number of nitrogen functional groups attached to an aromatic ring is 1. The zero-order chi connectivity index (χ0) is 13.2. The van der Waals surface area contributed by atoms with Crippen molar-refractivity contribution in [3.63, 3.8) is 0 Å². The van der Waals surface area contributed by atoms with Crippen molar-refractivity contribution in [3.8, 4) is 0 Å². The fraction of sp³-hybridized carbons (Fsp3) is 0.400. The molecule has 0 heterocycles. The van der Waals surface area contributed by atoms with E-state index < -0.39 is 10.0 Å². The van der Waals surface area contributed by atoms with Gasteiger partial charge in [-0.25, -0.2) is 12.7 Å². The van der Waals surface area contributed by atoms with Crippen LogP contribution in [-0.4, -0.2) is 26.3 Å². The highest BCUT2D eigenvalue weighted by atomic mass is 79.9. The monoisotopic (exact) mass is 384 g/mol. The third kappa shape index (κ3) is 3.21. The van der Waals surface area contributed by atoms with E-state index in [0.717, 1.165) is 6.42 Å². The number of hydrogen-bond acceptors (Lipinski definition) is 3. The van der Waals surface area contributed by atoms with Gasteiger partial charge in [0.15, 0.2) is 0 Å². The van der Waals surface area contributed by atoms with E-state index in [4.69, 9.17) is 5.73 Å². The smallest absolute Gasteiger partial charge is 0.245 e. The summed E-state index contributed by atoms with van der Waals surface area (Å²) in [6.45, 7) is 2.41. The van der Waals surface area contributed by atoms with Crippen LogP contribution >= 0.6 is 31.9 Å². The second-order valence-electron chi connectivity index (χ2n) is 3.64. The maximum Gasteiger partial charge on any atom is 0.245 e. The molecular weight excluding hydrogens is 372 g/mol. The van der Waals surface area contributed by atoms with Crippen LogP contribution in [0.2, 0.25) is 0 Å². The average Bonchev–Trinajstić information content (AvgIpc) is 2.15. The summed E-state index contributed by atoms with van der Waals surface area (Å²) in [7, 11) is -1.93. The molecule has 17 heavy (non-hydrogen) atoms. The summed E-state index contributed by atoms with van der Waals surface area (Å²) in [5, 5.41) is 0. The molecule has 96 valence electrons. The van der Waals surface area contributed by atoms with E-state index in [2.05, 4.69) is 31.9 Å². The summed E-state index contributed by atoms with van der Waals surface area (Å²) in [5.74, 6) is 0. The molecule has 0 bridgehead atoms. The minimum Gasteiger partial charge on any atom is -0.399 e. The molecular formula is C10H14Br2N2O2S. The van der Waals surface area contributed by atoms with Gasteiger partial charge in [0.05, 0.1) is 0 Å². The predicted molar refractivity (Wildman–Crippen MR) is 76.4 cm³/mol. The second kappa shape index (κ2) is 5.69. The predicted octanol–water partition coefficient (Wildman–Crippen LogP) is 2.82. The van der Waals surface area contributed by atoms with Crippen molar-refractivity contribution in [1.82, 2.24) is 4.31 Å². The first-order valence-electron chi connectivity index (χ1n) is 5.01. The molecule has 0 aromatic heterocycles. The highest BCUT2D eigenvalue weighted by Crippen LogP contribution is 2.33. The first kappa shape index (κ1) is 14.9. The van der Waals surface area contributed by atoms with E-state index in [1.807, 2.05) is 6.92 Å². The zero-order valence-corrected chi connectivity index (χ0v) is 13.6. The van der Waals surface area contributed by atoms with Crippen LogP contribution in [-0.2, 0) is 10.0 Å². The maximum atomic E-state index is 12.3. The first-order chi connectivity index (χ1) is 7.80. The highest BCUT2D eigenvalue weighted by Gasteiger charge is 2.25. The SMILES string of the molecule is CCCN(C)S(=O)(=O)c1c(Br)cc(N)cc1Br. The van der Waals surface area contributed by atoms with Crippen molar-refractivity contribution < 1.29 is 8.42 Å². The van der Waals surface area contributed by atoms with Gasteiger partial charge in [-0.05, 0) is 50.4 Å². The Morgan fingerprint density at radius 2 is 1.76 bits per heavy atom. The summed E-state index contributed by atoms with van der Waals surface area (Å²) in [6.07, 6.45) is 0.764. The minimum atomic E-state index is -3.50. The van der Waals surface area contributed by atoms with E-state index in [1.54, 1.807) is 19.2 Å². The zero-order valence-electron chi connectivity index (χ0n) is 9.57. The molecule has 7 heteroatoms. The topological polar surface area (TPSA) is 63.4 Å². The minimum absolute atomic E-state index is 0.211. The number of hydrogen-bond donors (Lipinski definition) is 1. The molecule has 0 amide bonds. The van der Waals surface area contributed by atoms with Gasteiger partial charge >= 0.3 is 0 Å². The molecule has 0 atom stereocenters. The van der Waals surface area contributed by atoms with Gasteiger partial charge in [0.25, 0.3) is 0 Å². The Bertz CT molecular complexity index is 494. The Hall–Kier alpha value is -0.110. The van der Waals surface area contributed by atoms with Crippen molar-refractivity contribution in [3.05, 3.63) is 21.1 Å². The van der Waals surface area contributed by atoms with Gasteiger partial charge in [-0.1, -0.05) is 6.92 Å². The van der Waals surface area contributed by atoms with Crippen molar-refractivity contribution >= 4 is 47.6 Å². The van der Waals surface area contributed by atoms with Crippen LogP contribution in [0, 0.1) is 0 Å². The molecule has 1 aromatic carbocycles. The van der Waals surface area contributed by atoms with E-state index in [9.17, 15) is 8.42 Å². The van der Waals surface area contributed by atoms with Crippen molar-refractivity contribution in [2.45, 2.75) is 18.2 Å². The summed E-state index contributed by atoms with van der Waals surface area (Å²) in [6, 6.07) is 3.16. The fourth-order valence-corrected chi connectivity index (χ4v) is 5.21. The lowest BCUT2D eigenvalue weighted by Gasteiger charge is -2.18. The first-order valence-corrected chi connectivity index (χ1v) is 8.04. The van der Waals surface area contributed by atoms with Gasteiger partial charge < -0.3 is 5.73 Å². The van der Waals surface area contributed by atoms with E-state index >= 15 is 0 Å². The quantitative estimate of drug-likeness (QED) is 0.810. The van der Waals surface area contributed by atoms with Gasteiger partial charge in [-0.3, -0.25) is 0 Å². The Labute approximate surface area is 118 Å². The highest BCUT2D eigenvalue weighted by molar-refractivity contribution is 9.11. The Morgan fingerprint density at radius 3 is 2.18 bits per heavy atom. The molecule has 1 rings (SSSR count). The number of halogens is 2. The number of nitrogens with two attached hydrogens (primary N) is 1. The van der Waals surface area contributed by atoms with E-state index in [-0.39, 0.29) is 4.90 Å². The van der Waals surface area contributed by atoms with Crippen molar-refractivity contribution in [2.75, 3.05) is 19.3 Å². The van der Waals surface area contributed by atoms with Crippen LogP contribution < -0.4 is 5.73 Å². The third-order valence-corrected chi connectivity index (χ3v) is 5.96. The van der Waals surface area contributed by atoms with Crippen LogP contribution in [0.25, 0.3) is 0 Å². The van der Waals surface area contributed by atoms with Crippen LogP contribution in [0.4, 0.5) is 5.69 Å². The van der Waals surface area contributed by atoms with Crippen LogP contribution in [0.15, 0.2) is 26.0 Å². The lowest BCUT2D eigenvalue weighted by atomic mass is 10.3. The number of benzene rings is 1. The molecule has 0 aliphatic rings. The summed E-state index contributed by atoms with van der Waals surface area (Å²) < 4.78 is 26.9. The Kier molecular flexibility index (Phi) is 5.00. The number of anilines is 1. The molecule has 4 nitrogen and oxygen atoms in total. The molecule has 0 fully saturated rings. The van der Waals surface area contributed by atoms with Crippen LogP contribution in [0.3, 0.4) is 0 Å². The lowest BCUT2D eigenvalue weighted by molar-refractivity contribution is 0.467. The lowest BCUT2D eigenvalue weighted by Crippen LogP contribution is -2.28. The molecule has 0 unspecified atom stereocenters. The standard InChI is InChI=1S/C10H14Br2N2O2S/c1-3-4-14(2)17(15,16)10-8(11)5-7(13)6-9(10)12/h5-6H,3-4,13H2,1-2H3. The van der Waals surface area contributed by atoms with E-state index in [1.165, 1.54) is 4.31 Å². The normalized spacial score (nSPS) is 12.1. The summed E-state index contributed by atoms with van der Waals surface area (Å²) >= 11 is 6.47. The number of rotatable bonds is 4. The number of nitrogens with zero attached hydrogens (tertiary/aromatic N) is 1. The Balaban J connectivity index is 3.34. The maximum absolute atomic E-state index is 12.3. The molecule has 2 N–H and O–H groups in total. The molecule has 0 aliphatic carbocycles. The molecule has 0 saturated heterocycles. The molecule has 0 radical (unpaired) electrons. The molecule has 0 spiro atoms. The van der Waals surface area contributed by atoms with Crippen LogP contribution in [0.1, 0.15) is 13.3 Å². The summed E-state index contributed by atoms with van der Waals surface area (Å²) in [5.41, 5.74) is 6.14. The van der Waals surface area contributed by atoms with Gasteiger partial charge in [0, 0.05) is 28.2 Å². The van der Waals surface area contributed by atoms with Crippen molar-refractivity contribution in [1.29, 1.82) is 0 Å². The largest absolute Gasteiger partial charge is 0.399 e. The van der Waals surface area contributed by atoms with Gasteiger partial charge in [-0.2, -0.15) is 0 Å². The van der Waals surface area contributed by atoms with Crippen molar-refractivity contribution in [2.24, 2.45) is 0 Å².